The summed E-state index contributed by atoms with van der Waals surface area (Å²) in [4.78, 5) is 16.2. The number of halogens is 3. The lowest BCUT2D eigenvalue weighted by Crippen LogP contribution is -2.26. The van der Waals surface area contributed by atoms with Crippen molar-refractivity contribution >= 4 is 17.3 Å². The third-order valence-electron chi connectivity index (χ3n) is 2.97. The molecule has 0 radical (unpaired) electrons. The standard InChI is InChI=1S/C17H18F3N3O/c1-16(2,3)23-14-7-11(9-21-10-14)15(24)22-13-6-4-5-12(8-13)17(18,19)20/h4-10,23H,1-3H3,(H,22,24). The van der Waals surface area contributed by atoms with Crippen molar-refractivity contribution in [2.45, 2.75) is 32.5 Å². The Morgan fingerprint density at radius 2 is 1.75 bits per heavy atom. The molecule has 24 heavy (non-hydrogen) atoms. The average molecular weight is 337 g/mol. The zero-order chi connectivity index (χ0) is 18.0. The quantitative estimate of drug-likeness (QED) is 0.863. The van der Waals surface area contributed by atoms with Crippen molar-refractivity contribution in [3.05, 3.63) is 53.9 Å². The Kier molecular flexibility index (Phi) is 4.82. The fourth-order valence-electron chi connectivity index (χ4n) is 2.04. The van der Waals surface area contributed by atoms with Crippen molar-refractivity contribution in [2.24, 2.45) is 0 Å². The van der Waals surface area contributed by atoms with Crippen molar-refractivity contribution < 1.29 is 18.0 Å². The normalized spacial score (nSPS) is 11.9. The summed E-state index contributed by atoms with van der Waals surface area (Å²) in [6.45, 7) is 5.88. The molecule has 128 valence electrons. The van der Waals surface area contributed by atoms with Gasteiger partial charge in [-0.25, -0.2) is 0 Å². The molecule has 0 aliphatic heterocycles. The van der Waals surface area contributed by atoms with Crippen LogP contribution in [0.2, 0.25) is 0 Å². The molecule has 0 aliphatic rings. The molecule has 0 spiro atoms. The first-order valence-electron chi connectivity index (χ1n) is 7.26. The number of carbonyl (C=O) groups is 1. The summed E-state index contributed by atoms with van der Waals surface area (Å²) < 4.78 is 38.1. The van der Waals surface area contributed by atoms with Gasteiger partial charge in [0.2, 0.25) is 0 Å². The van der Waals surface area contributed by atoms with Gasteiger partial charge in [-0.15, -0.1) is 0 Å². The van der Waals surface area contributed by atoms with Crippen LogP contribution in [-0.4, -0.2) is 16.4 Å². The Bertz CT molecular complexity index is 736. The van der Waals surface area contributed by atoms with Gasteiger partial charge >= 0.3 is 6.18 Å². The highest BCUT2D eigenvalue weighted by atomic mass is 19.4. The third-order valence-corrected chi connectivity index (χ3v) is 2.97. The van der Waals surface area contributed by atoms with Crippen LogP contribution >= 0.6 is 0 Å². The summed E-state index contributed by atoms with van der Waals surface area (Å²) in [7, 11) is 0. The topological polar surface area (TPSA) is 54.0 Å². The van der Waals surface area contributed by atoms with E-state index >= 15 is 0 Å². The van der Waals surface area contributed by atoms with Crippen LogP contribution in [0.5, 0.6) is 0 Å². The van der Waals surface area contributed by atoms with E-state index in [2.05, 4.69) is 15.6 Å². The molecule has 1 aromatic carbocycles. The summed E-state index contributed by atoms with van der Waals surface area (Å²) in [5.41, 5.74) is -0.0518. The van der Waals surface area contributed by atoms with Crippen molar-refractivity contribution in [1.29, 1.82) is 0 Å². The maximum atomic E-state index is 12.7. The van der Waals surface area contributed by atoms with Gasteiger partial charge in [-0.2, -0.15) is 13.2 Å². The minimum Gasteiger partial charge on any atom is -0.379 e. The number of nitrogens with one attached hydrogen (secondary N) is 2. The van der Waals surface area contributed by atoms with E-state index in [9.17, 15) is 18.0 Å². The molecule has 1 aromatic heterocycles. The van der Waals surface area contributed by atoms with E-state index in [0.717, 1.165) is 12.1 Å². The molecular weight excluding hydrogens is 319 g/mol. The fraction of sp³-hybridized carbons (Fsp3) is 0.294. The number of anilines is 2. The second kappa shape index (κ2) is 6.51. The molecule has 0 unspecified atom stereocenters. The maximum Gasteiger partial charge on any atom is 0.416 e. The van der Waals surface area contributed by atoms with Crippen LogP contribution < -0.4 is 10.6 Å². The molecular formula is C17H18F3N3O. The highest BCUT2D eigenvalue weighted by molar-refractivity contribution is 6.04. The van der Waals surface area contributed by atoms with Gasteiger partial charge in [0, 0.05) is 23.6 Å². The number of hydrogen-bond acceptors (Lipinski definition) is 3. The molecule has 2 aromatic rings. The Hall–Kier alpha value is -2.57. The Morgan fingerprint density at radius 3 is 2.38 bits per heavy atom. The average Bonchev–Trinajstić information content (AvgIpc) is 2.45. The first-order chi connectivity index (χ1) is 11.0. The Morgan fingerprint density at radius 1 is 1.04 bits per heavy atom. The van der Waals surface area contributed by atoms with Crippen LogP contribution in [0, 0.1) is 0 Å². The minimum atomic E-state index is -4.46. The molecule has 2 rings (SSSR count). The number of nitrogens with zero attached hydrogens (tertiary/aromatic N) is 1. The van der Waals surface area contributed by atoms with Gasteiger partial charge in [0.15, 0.2) is 0 Å². The largest absolute Gasteiger partial charge is 0.416 e. The first kappa shape index (κ1) is 17.8. The van der Waals surface area contributed by atoms with Gasteiger partial charge in [-0.05, 0) is 45.0 Å². The molecule has 1 amide bonds. The van der Waals surface area contributed by atoms with E-state index in [1.807, 2.05) is 20.8 Å². The summed E-state index contributed by atoms with van der Waals surface area (Å²) in [5, 5.41) is 5.63. The summed E-state index contributed by atoms with van der Waals surface area (Å²) >= 11 is 0. The van der Waals surface area contributed by atoms with Gasteiger partial charge in [-0.3, -0.25) is 9.78 Å². The predicted octanol–water partition coefficient (Wildman–Crippen LogP) is 4.56. The number of carbonyl (C=O) groups excluding carboxylic acids is 1. The smallest absolute Gasteiger partial charge is 0.379 e. The monoisotopic (exact) mass is 337 g/mol. The highest BCUT2D eigenvalue weighted by Crippen LogP contribution is 2.30. The number of aromatic nitrogens is 1. The molecule has 2 N–H and O–H groups in total. The van der Waals surface area contributed by atoms with Gasteiger partial charge in [-0.1, -0.05) is 6.07 Å². The number of pyridine rings is 1. The van der Waals surface area contributed by atoms with Gasteiger partial charge in [0.25, 0.3) is 5.91 Å². The Labute approximate surface area is 138 Å². The molecule has 1 heterocycles. The second-order valence-electron chi connectivity index (χ2n) is 6.37. The van der Waals surface area contributed by atoms with E-state index < -0.39 is 17.6 Å². The van der Waals surface area contributed by atoms with Crippen LogP contribution in [0.25, 0.3) is 0 Å². The predicted molar refractivity (Wildman–Crippen MR) is 87.0 cm³/mol. The molecule has 0 saturated heterocycles. The van der Waals surface area contributed by atoms with E-state index in [1.165, 1.54) is 18.3 Å². The number of hydrogen-bond donors (Lipinski definition) is 2. The molecule has 7 heteroatoms. The van der Waals surface area contributed by atoms with Crippen LogP contribution in [-0.2, 0) is 6.18 Å². The highest BCUT2D eigenvalue weighted by Gasteiger charge is 2.30. The van der Waals surface area contributed by atoms with E-state index in [4.69, 9.17) is 0 Å². The zero-order valence-electron chi connectivity index (χ0n) is 13.5. The van der Waals surface area contributed by atoms with Crippen LogP contribution in [0.1, 0.15) is 36.7 Å². The van der Waals surface area contributed by atoms with Crippen molar-refractivity contribution in [2.75, 3.05) is 10.6 Å². The van der Waals surface area contributed by atoms with Crippen LogP contribution in [0.3, 0.4) is 0 Å². The maximum absolute atomic E-state index is 12.7. The van der Waals surface area contributed by atoms with Gasteiger partial charge in [0.05, 0.1) is 16.8 Å². The summed E-state index contributed by atoms with van der Waals surface area (Å²) in [6, 6.07) is 6.08. The number of alkyl halides is 3. The minimum absolute atomic E-state index is 0.0732. The zero-order valence-corrected chi connectivity index (χ0v) is 13.5. The van der Waals surface area contributed by atoms with Gasteiger partial charge < -0.3 is 10.6 Å². The Balaban J connectivity index is 2.17. The second-order valence-corrected chi connectivity index (χ2v) is 6.37. The molecule has 0 atom stereocenters. The molecule has 0 fully saturated rings. The molecule has 0 saturated carbocycles. The number of amides is 1. The van der Waals surface area contributed by atoms with Crippen LogP contribution in [0.15, 0.2) is 42.7 Å². The summed E-state index contributed by atoms with van der Waals surface area (Å²) in [6.07, 6.45) is -1.53. The summed E-state index contributed by atoms with van der Waals surface area (Å²) in [5.74, 6) is -0.528. The molecule has 4 nitrogen and oxygen atoms in total. The first-order valence-corrected chi connectivity index (χ1v) is 7.26. The SMILES string of the molecule is CC(C)(C)Nc1cncc(C(=O)Nc2cccc(C(F)(F)F)c2)c1. The lowest BCUT2D eigenvalue weighted by molar-refractivity contribution is -0.137. The number of rotatable bonds is 3. The lowest BCUT2D eigenvalue weighted by Gasteiger charge is -2.22. The van der Waals surface area contributed by atoms with Crippen LogP contribution in [0.4, 0.5) is 24.5 Å². The number of benzene rings is 1. The molecule has 0 bridgehead atoms. The van der Waals surface area contributed by atoms with Gasteiger partial charge in [0.1, 0.15) is 0 Å². The fourth-order valence-corrected chi connectivity index (χ4v) is 2.04. The van der Waals surface area contributed by atoms with Crippen molar-refractivity contribution in [3.8, 4) is 0 Å². The third kappa shape index (κ3) is 4.97. The van der Waals surface area contributed by atoms with E-state index in [-0.39, 0.29) is 16.8 Å². The molecule has 0 aliphatic carbocycles. The van der Waals surface area contributed by atoms with Crippen molar-refractivity contribution in [3.63, 3.8) is 0 Å². The van der Waals surface area contributed by atoms with Crippen molar-refractivity contribution in [1.82, 2.24) is 4.98 Å². The van der Waals surface area contributed by atoms with E-state index in [1.54, 1.807) is 12.3 Å². The lowest BCUT2D eigenvalue weighted by atomic mass is 10.1. The van der Waals surface area contributed by atoms with E-state index in [0.29, 0.717) is 5.69 Å².